The third-order valence-corrected chi connectivity index (χ3v) is 5.28. The third kappa shape index (κ3) is 3.75. The molecule has 0 heterocycles. The van der Waals surface area contributed by atoms with E-state index in [1.165, 1.54) is 7.11 Å². The number of rotatable bonds is 5. The van der Waals surface area contributed by atoms with Crippen molar-refractivity contribution >= 4 is 44.9 Å². The SMILES string of the molecule is COc1ccc(C)cc1NS(=O)(=O)c1cc(C(=O)O)c(Cl)cc1Cl. The number of aryl methyl sites for hydroxylation is 1. The molecule has 9 heteroatoms. The van der Waals surface area contributed by atoms with Gasteiger partial charge in [-0.1, -0.05) is 29.3 Å². The number of halogens is 2. The number of ether oxygens (including phenoxy) is 1. The van der Waals surface area contributed by atoms with E-state index in [0.29, 0.717) is 5.75 Å². The molecule has 2 rings (SSSR count). The number of aromatic carboxylic acids is 1. The summed E-state index contributed by atoms with van der Waals surface area (Å²) in [4.78, 5) is 10.8. The molecular weight excluding hydrogens is 377 g/mol. The first-order valence-corrected chi connectivity index (χ1v) is 8.79. The monoisotopic (exact) mass is 389 g/mol. The van der Waals surface area contributed by atoms with E-state index in [0.717, 1.165) is 17.7 Å². The molecule has 0 spiro atoms. The van der Waals surface area contributed by atoms with Crippen LogP contribution < -0.4 is 9.46 Å². The molecule has 0 aromatic heterocycles. The molecule has 2 N–H and O–H groups in total. The standard InChI is InChI=1S/C15H13Cl2NO5S/c1-8-3-4-13(23-2)12(5-8)18-24(21,22)14-6-9(15(19)20)10(16)7-11(14)17/h3-7,18H,1-2H3,(H,19,20). The normalized spacial score (nSPS) is 11.2. The largest absolute Gasteiger partial charge is 0.495 e. The highest BCUT2D eigenvalue weighted by Crippen LogP contribution is 2.32. The minimum atomic E-state index is -4.15. The molecule has 0 aliphatic heterocycles. The van der Waals surface area contributed by atoms with Crippen LogP contribution in [-0.2, 0) is 10.0 Å². The predicted octanol–water partition coefficient (Wildman–Crippen LogP) is 3.81. The van der Waals surface area contributed by atoms with E-state index in [9.17, 15) is 13.2 Å². The highest BCUT2D eigenvalue weighted by Gasteiger charge is 2.23. The van der Waals surface area contributed by atoms with E-state index in [4.69, 9.17) is 33.0 Å². The van der Waals surface area contributed by atoms with Gasteiger partial charge >= 0.3 is 5.97 Å². The zero-order chi connectivity index (χ0) is 18.1. The maximum Gasteiger partial charge on any atom is 0.337 e. The first-order chi connectivity index (χ1) is 11.2. The van der Waals surface area contributed by atoms with Crippen LogP contribution in [-0.4, -0.2) is 26.6 Å². The maximum absolute atomic E-state index is 12.6. The molecule has 2 aromatic carbocycles. The Balaban J connectivity index is 2.54. The van der Waals surface area contributed by atoms with Crippen LogP contribution in [0.5, 0.6) is 5.75 Å². The molecule has 0 bridgehead atoms. The van der Waals surface area contributed by atoms with Crippen molar-refractivity contribution in [1.29, 1.82) is 0 Å². The van der Waals surface area contributed by atoms with Gasteiger partial charge in [0.2, 0.25) is 0 Å². The van der Waals surface area contributed by atoms with Gasteiger partial charge in [0.1, 0.15) is 10.6 Å². The highest BCUT2D eigenvalue weighted by atomic mass is 35.5. The number of methoxy groups -OCH3 is 1. The number of hydrogen-bond acceptors (Lipinski definition) is 4. The average Bonchev–Trinajstić information content (AvgIpc) is 2.46. The van der Waals surface area contributed by atoms with Gasteiger partial charge in [-0.25, -0.2) is 13.2 Å². The number of carboxylic acid groups (broad SMARTS) is 1. The van der Waals surface area contributed by atoms with Crippen LogP contribution in [0.1, 0.15) is 15.9 Å². The Morgan fingerprint density at radius 3 is 2.42 bits per heavy atom. The minimum absolute atomic E-state index is 0.153. The van der Waals surface area contributed by atoms with Crippen LogP contribution in [0.3, 0.4) is 0 Å². The lowest BCUT2D eigenvalue weighted by Gasteiger charge is -2.14. The molecule has 0 saturated heterocycles. The topological polar surface area (TPSA) is 92.7 Å². The summed E-state index contributed by atoms with van der Waals surface area (Å²) in [6, 6.07) is 6.94. The van der Waals surface area contributed by atoms with Crippen LogP contribution in [0.4, 0.5) is 5.69 Å². The summed E-state index contributed by atoms with van der Waals surface area (Å²) in [5.41, 5.74) is 0.653. The van der Waals surface area contributed by atoms with E-state index in [-0.39, 0.29) is 21.3 Å². The van der Waals surface area contributed by atoms with E-state index < -0.39 is 20.9 Å². The second kappa shape index (κ2) is 6.88. The number of carboxylic acids is 1. The van der Waals surface area contributed by atoms with Crippen molar-refractivity contribution in [1.82, 2.24) is 0 Å². The smallest absolute Gasteiger partial charge is 0.337 e. The minimum Gasteiger partial charge on any atom is -0.495 e. The summed E-state index contributed by atoms with van der Waals surface area (Å²) in [7, 11) is -2.75. The number of nitrogens with one attached hydrogen (secondary N) is 1. The average molecular weight is 390 g/mol. The Bertz CT molecular complexity index is 912. The lowest BCUT2D eigenvalue weighted by molar-refractivity contribution is 0.0697. The lowest BCUT2D eigenvalue weighted by Crippen LogP contribution is -2.15. The zero-order valence-corrected chi connectivity index (χ0v) is 15.0. The molecule has 0 fully saturated rings. The van der Waals surface area contributed by atoms with Gasteiger partial charge < -0.3 is 9.84 Å². The van der Waals surface area contributed by atoms with Gasteiger partial charge in [-0.05, 0) is 36.8 Å². The Morgan fingerprint density at radius 2 is 1.83 bits per heavy atom. The first-order valence-electron chi connectivity index (χ1n) is 6.55. The quantitative estimate of drug-likeness (QED) is 0.810. The van der Waals surface area contributed by atoms with Crippen molar-refractivity contribution in [2.75, 3.05) is 11.8 Å². The van der Waals surface area contributed by atoms with Gasteiger partial charge in [0, 0.05) is 0 Å². The second-order valence-electron chi connectivity index (χ2n) is 4.88. The number of sulfonamides is 1. The van der Waals surface area contributed by atoms with Crippen molar-refractivity contribution in [2.45, 2.75) is 11.8 Å². The Hall–Kier alpha value is -1.96. The van der Waals surface area contributed by atoms with Crippen molar-refractivity contribution in [2.24, 2.45) is 0 Å². The fourth-order valence-electron chi connectivity index (χ4n) is 2.00. The van der Waals surface area contributed by atoms with Crippen molar-refractivity contribution < 1.29 is 23.1 Å². The van der Waals surface area contributed by atoms with E-state index >= 15 is 0 Å². The van der Waals surface area contributed by atoms with Gasteiger partial charge in [0.15, 0.2) is 0 Å². The summed E-state index contributed by atoms with van der Waals surface area (Å²) in [6.07, 6.45) is 0. The van der Waals surface area contributed by atoms with Crippen LogP contribution >= 0.6 is 23.2 Å². The van der Waals surface area contributed by atoms with Crippen LogP contribution in [0.25, 0.3) is 0 Å². The fourth-order valence-corrected chi connectivity index (χ4v) is 3.92. The number of carbonyl (C=O) groups is 1. The van der Waals surface area contributed by atoms with Gasteiger partial charge in [0.25, 0.3) is 10.0 Å². The molecule has 0 radical (unpaired) electrons. The van der Waals surface area contributed by atoms with Crippen LogP contribution in [0, 0.1) is 6.92 Å². The summed E-state index contributed by atoms with van der Waals surface area (Å²) >= 11 is 11.7. The second-order valence-corrected chi connectivity index (χ2v) is 7.34. The molecule has 0 aliphatic rings. The van der Waals surface area contributed by atoms with Gasteiger partial charge in [-0.15, -0.1) is 0 Å². The van der Waals surface area contributed by atoms with E-state index in [2.05, 4.69) is 4.72 Å². The number of anilines is 1. The molecule has 0 unspecified atom stereocenters. The lowest BCUT2D eigenvalue weighted by atomic mass is 10.2. The Labute approximate surface area is 149 Å². The van der Waals surface area contributed by atoms with Crippen LogP contribution in [0.2, 0.25) is 10.0 Å². The van der Waals surface area contributed by atoms with Gasteiger partial charge in [-0.3, -0.25) is 4.72 Å². The number of benzene rings is 2. The summed E-state index contributed by atoms with van der Waals surface area (Å²) in [6.45, 7) is 1.79. The molecule has 0 atom stereocenters. The maximum atomic E-state index is 12.6. The molecule has 0 amide bonds. The molecule has 128 valence electrons. The molecular formula is C15H13Cl2NO5S. The van der Waals surface area contributed by atoms with Crippen LogP contribution in [0.15, 0.2) is 35.2 Å². The van der Waals surface area contributed by atoms with Crippen molar-refractivity contribution in [3.63, 3.8) is 0 Å². The van der Waals surface area contributed by atoms with E-state index in [1.54, 1.807) is 25.1 Å². The fraction of sp³-hybridized carbons (Fsp3) is 0.133. The van der Waals surface area contributed by atoms with Crippen molar-refractivity contribution in [3.8, 4) is 5.75 Å². The number of hydrogen-bond donors (Lipinski definition) is 2. The molecule has 0 aliphatic carbocycles. The summed E-state index contributed by atoms with van der Waals surface area (Å²) < 4.78 is 32.7. The van der Waals surface area contributed by atoms with E-state index in [1.807, 2.05) is 0 Å². The molecule has 2 aromatic rings. The summed E-state index contributed by atoms with van der Waals surface area (Å²) in [5, 5.41) is 8.75. The van der Waals surface area contributed by atoms with Crippen molar-refractivity contribution in [3.05, 3.63) is 51.5 Å². The molecule has 0 saturated carbocycles. The molecule has 24 heavy (non-hydrogen) atoms. The highest BCUT2D eigenvalue weighted by molar-refractivity contribution is 7.92. The Morgan fingerprint density at radius 1 is 1.17 bits per heavy atom. The Kier molecular flexibility index (Phi) is 5.27. The first kappa shape index (κ1) is 18.4. The van der Waals surface area contributed by atoms with Gasteiger partial charge in [0.05, 0.1) is 28.4 Å². The predicted molar refractivity (Wildman–Crippen MR) is 92.0 cm³/mol. The van der Waals surface area contributed by atoms with Gasteiger partial charge in [-0.2, -0.15) is 0 Å². The summed E-state index contributed by atoms with van der Waals surface area (Å²) in [5.74, 6) is -1.05. The third-order valence-electron chi connectivity index (χ3n) is 3.14. The zero-order valence-electron chi connectivity index (χ0n) is 12.6. The molecule has 6 nitrogen and oxygen atoms in total.